The van der Waals surface area contributed by atoms with Crippen LogP contribution < -0.4 is 5.73 Å². The first-order chi connectivity index (χ1) is 4.86. The molecule has 0 aromatic heterocycles. The van der Waals surface area contributed by atoms with E-state index in [0.717, 1.165) is 11.8 Å². The summed E-state index contributed by atoms with van der Waals surface area (Å²) in [6.45, 7) is 3.04. The Morgan fingerprint density at radius 1 is 1.82 bits per heavy atom. The summed E-state index contributed by atoms with van der Waals surface area (Å²) < 4.78 is 0. The molecule has 5 heteroatoms. The first-order valence-electron chi connectivity index (χ1n) is 3.06. The third-order valence-corrected chi connectivity index (χ3v) is 2.25. The lowest BCUT2D eigenvalue weighted by Crippen LogP contribution is -2.47. The predicted octanol–water partition coefficient (Wildman–Crippen LogP) is 0.519. The monoisotopic (exact) mass is 176 g/mol. The number of thioether (sulfide) groups is 1. The van der Waals surface area contributed by atoms with Crippen LogP contribution in [-0.4, -0.2) is 27.4 Å². The van der Waals surface area contributed by atoms with E-state index >= 15 is 0 Å². The highest BCUT2D eigenvalue weighted by Crippen LogP contribution is 2.11. The SMILES string of the molecule is CC(=N)SC[C@](C)(N)C(=O)O. The van der Waals surface area contributed by atoms with E-state index in [9.17, 15) is 4.79 Å². The van der Waals surface area contributed by atoms with Crippen LogP contribution >= 0.6 is 11.8 Å². The highest BCUT2D eigenvalue weighted by atomic mass is 32.2. The maximum atomic E-state index is 10.4. The molecule has 0 aliphatic rings. The molecule has 64 valence electrons. The van der Waals surface area contributed by atoms with Gasteiger partial charge in [0.25, 0.3) is 0 Å². The summed E-state index contributed by atoms with van der Waals surface area (Å²) in [5.41, 5.74) is 4.16. The number of nitrogens with two attached hydrogens (primary N) is 1. The van der Waals surface area contributed by atoms with Crippen molar-refractivity contribution in [3.05, 3.63) is 0 Å². The number of carbonyl (C=O) groups is 1. The third kappa shape index (κ3) is 4.00. The Morgan fingerprint density at radius 2 is 2.27 bits per heavy atom. The molecule has 0 amide bonds. The van der Waals surface area contributed by atoms with Crippen LogP contribution in [0.4, 0.5) is 0 Å². The summed E-state index contributed by atoms with van der Waals surface area (Å²) in [7, 11) is 0. The maximum absolute atomic E-state index is 10.4. The van der Waals surface area contributed by atoms with E-state index in [-0.39, 0.29) is 5.75 Å². The van der Waals surface area contributed by atoms with E-state index in [1.807, 2.05) is 0 Å². The van der Waals surface area contributed by atoms with Crippen LogP contribution in [0.3, 0.4) is 0 Å². The number of carboxylic acid groups (broad SMARTS) is 1. The lowest BCUT2D eigenvalue weighted by molar-refractivity contribution is -0.141. The van der Waals surface area contributed by atoms with Crippen molar-refractivity contribution in [3.63, 3.8) is 0 Å². The Kier molecular flexibility index (Phi) is 3.54. The minimum absolute atomic E-state index is 0.234. The third-order valence-electron chi connectivity index (χ3n) is 1.08. The lowest BCUT2D eigenvalue weighted by Gasteiger charge is -2.17. The Labute approximate surface area is 69.7 Å². The van der Waals surface area contributed by atoms with Gasteiger partial charge >= 0.3 is 5.97 Å². The molecule has 0 saturated heterocycles. The molecule has 0 aromatic carbocycles. The van der Waals surface area contributed by atoms with Gasteiger partial charge in [0.05, 0.1) is 5.04 Å². The first kappa shape index (κ1) is 10.4. The van der Waals surface area contributed by atoms with Crippen molar-refractivity contribution >= 4 is 22.8 Å². The summed E-state index contributed by atoms with van der Waals surface area (Å²) in [6.07, 6.45) is 0. The normalized spacial score (nSPS) is 15.5. The molecule has 4 N–H and O–H groups in total. The van der Waals surface area contributed by atoms with Crippen LogP contribution in [0.15, 0.2) is 0 Å². The predicted molar refractivity (Wildman–Crippen MR) is 46.1 cm³/mol. The number of rotatable bonds is 3. The van der Waals surface area contributed by atoms with Gasteiger partial charge in [-0.05, 0) is 13.8 Å². The zero-order valence-electron chi connectivity index (χ0n) is 6.55. The van der Waals surface area contributed by atoms with E-state index in [1.54, 1.807) is 6.92 Å². The van der Waals surface area contributed by atoms with Gasteiger partial charge in [0.15, 0.2) is 0 Å². The van der Waals surface area contributed by atoms with Gasteiger partial charge in [-0.1, -0.05) is 0 Å². The largest absolute Gasteiger partial charge is 0.480 e. The van der Waals surface area contributed by atoms with Crippen molar-refractivity contribution in [3.8, 4) is 0 Å². The summed E-state index contributed by atoms with van der Waals surface area (Å²) in [4.78, 5) is 10.4. The molecule has 0 aliphatic carbocycles. The molecule has 0 fully saturated rings. The molecule has 0 radical (unpaired) electrons. The smallest absolute Gasteiger partial charge is 0.324 e. The summed E-state index contributed by atoms with van der Waals surface area (Å²) in [6, 6.07) is 0. The Balaban J connectivity index is 3.92. The zero-order valence-corrected chi connectivity index (χ0v) is 7.36. The average Bonchev–Trinajstić information content (AvgIpc) is 1.84. The second-order valence-electron chi connectivity index (χ2n) is 2.57. The van der Waals surface area contributed by atoms with Gasteiger partial charge in [-0.2, -0.15) is 0 Å². The topological polar surface area (TPSA) is 87.2 Å². The molecular formula is C6H12N2O2S. The standard InChI is InChI=1S/C6H12N2O2S/c1-4(7)11-3-6(2,8)5(9)10/h7H,3,8H2,1-2H3,(H,9,10)/t6-/m0/s1. The molecule has 0 bridgehead atoms. The van der Waals surface area contributed by atoms with Crippen molar-refractivity contribution in [1.29, 1.82) is 5.41 Å². The maximum Gasteiger partial charge on any atom is 0.324 e. The van der Waals surface area contributed by atoms with Crippen molar-refractivity contribution in [2.24, 2.45) is 5.73 Å². The lowest BCUT2D eigenvalue weighted by atomic mass is 10.1. The molecule has 0 unspecified atom stereocenters. The van der Waals surface area contributed by atoms with Gasteiger partial charge in [-0.3, -0.25) is 10.2 Å². The van der Waals surface area contributed by atoms with Crippen molar-refractivity contribution in [1.82, 2.24) is 0 Å². The van der Waals surface area contributed by atoms with Gasteiger partial charge < -0.3 is 10.8 Å². The van der Waals surface area contributed by atoms with Gasteiger partial charge in [0.2, 0.25) is 0 Å². The minimum Gasteiger partial charge on any atom is -0.480 e. The highest BCUT2D eigenvalue weighted by molar-refractivity contribution is 8.13. The molecule has 11 heavy (non-hydrogen) atoms. The highest BCUT2D eigenvalue weighted by Gasteiger charge is 2.27. The van der Waals surface area contributed by atoms with Crippen molar-refractivity contribution in [2.45, 2.75) is 19.4 Å². The van der Waals surface area contributed by atoms with Crippen LogP contribution in [0.1, 0.15) is 13.8 Å². The van der Waals surface area contributed by atoms with Crippen LogP contribution in [0.2, 0.25) is 0 Å². The Hall–Kier alpha value is -0.550. The van der Waals surface area contributed by atoms with E-state index in [0.29, 0.717) is 5.04 Å². The second-order valence-corrected chi connectivity index (χ2v) is 3.76. The molecule has 0 aromatic rings. The summed E-state index contributed by atoms with van der Waals surface area (Å²) >= 11 is 1.14. The summed E-state index contributed by atoms with van der Waals surface area (Å²) in [5, 5.41) is 16.0. The van der Waals surface area contributed by atoms with Crippen LogP contribution in [0, 0.1) is 5.41 Å². The number of hydrogen-bond acceptors (Lipinski definition) is 4. The quantitative estimate of drug-likeness (QED) is 0.432. The average molecular weight is 176 g/mol. The molecule has 0 spiro atoms. The van der Waals surface area contributed by atoms with Gasteiger partial charge in [0, 0.05) is 5.75 Å². The molecule has 0 heterocycles. The van der Waals surface area contributed by atoms with Crippen LogP contribution in [-0.2, 0) is 4.79 Å². The molecule has 0 rings (SSSR count). The van der Waals surface area contributed by atoms with Crippen molar-refractivity contribution in [2.75, 3.05) is 5.75 Å². The van der Waals surface area contributed by atoms with Crippen LogP contribution in [0.25, 0.3) is 0 Å². The van der Waals surface area contributed by atoms with E-state index in [4.69, 9.17) is 16.2 Å². The number of aliphatic carboxylic acids is 1. The number of carboxylic acids is 1. The zero-order chi connectivity index (χ0) is 9.07. The minimum atomic E-state index is -1.23. The Bertz CT molecular complexity index is 179. The van der Waals surface area contributed by atoms with Crippen LogP contribution in [0.5, 0.6) is 0 Å². The number of nitrogens with one attached hydrogen (secondary N) is 1. The Morgan fingerprint density at radius 3 is 2.55 bits per heavy atom. The van der Waals surface area contributed by atoms with Gasteiger partial charge in [-0.25, -0.2) is 0 Å². The fourth-order valence-electron chi connectivity index (χ4n) is 0.320. The summed E-state index contributed by atoms with van der Waals surface area (Å²) in [5.74, 6) is -0.802. The molecule has 4 nitrogen and oxygen atoms in total. The molecule has 1 atom stereocenters. The first-order valence-corrected chi connectivity index (χ1v) is 4.05. The van der Waals surface area contributed by atoms with E-state index in [2.05, 4.69) is 0 Å². The van der Waals surface area contributed by atoms with Crippen molar-refractivity contribution < 1.29 is 9.90 Å². The fourth-order valence-corrected chi connectivity index (χ4v) is 0.960. The van der Waals surface area contributed by atoms with Gasteiger partial charge in [0.1, 0.15) is 5.54 Å². The molecule has 0 saturated carbocycles. The second kappa shape index (κ2) is 3.73. The fraction of sp³-hybridized carbons (Fsp3) is 0.667. The van der Waals surface area contributed by atoms with E-state index in [1.165, 1.54) is 6.92 Å². The van der Waals surface area contributed by atoms with E-state index < -0.39 is 11.5 Å². The van der Waals surface area contributed by atoms with Gasteiger partial charge in [-0.15, -0.1) is 11.8 Å². The molecule has 0 aliphatic heterocycles. The number of hydrogen-bond donors (Lipinski definition) is 3. The molecular weight excluding hydrogens is 164 g/mol.